The Morgan fingerprint density at radius 3 is 2.86 bits per heavy atom. The molecule has 1 unspecified atom stereocenters. The summed E-state index contributed by atoms with van der Waals surface area (Å²) >= 11 is 3.49. The van der Waals surface area contributed by atoms with Crippen LogP contribution in [0, 0.1) is 0 Å². The molecule has 0 radical (unpaired) electrons. The molecule has 0 amide bonds. The first-order chi connectivity index (χ1) is 10.2. The monoisotopic (exact) mass is 351 g/mol. The quantitative estimate of drug-likeness (QED) is 0.825. The zero-order chi connectivity index (χ0) is 15.2. The third kappa shape index (κ3) is 3.66. The van der Waals surface area contributed by atoms with Crippen molar-refractivity contribution < 1.29 is 4.74 Å². The van der Waals surface area contributed by atoms with Crippen molar-refractivity contribution in [1.82, 2.24) is 14.9 Å². The average Bonchev–Trinajstić information content (AvgIpc) is 2.93. The molecule has 0 fully saturated rings. The molecule has 0 spiro atoms. The van der Waals surface area contributed by atoms with E-state index in [4.69, 9.17) is 4.74 Å². The Morgan fingerprint density at radius 1 is 1.38 bits per heavy atom. The molecule has 0 saturated carbocycles. The van der Waals surface area contributed by atoms with Crippen LogP contribution < -0.4 is 10.1 Å². The van der Waals surface area contributed by atoms with Crippen molar-refractivity contribution in [2.75, 3.05) is 13.7 Å². The van der Waals surface area contributed by atoms with Gasteiger partial charge in [0.1, 0.15) is 11.6 Å². The van der Waals surface area contributed by atoms with Crippen LogP contribution in [0.25, 0.3) is 0 Å². The minimum absolute atomic E-state index is 0.0274. The van der Waals surface area contributed by atoms with Gasteiger partial charge < -0.3 is 14.6 Å². The maximum Gasteiger partial charge on any atom is 0.130 e. The van der Waals surface area contributed by atoms with Gasteiger partial charge in [-0.25, -0.2) is 4.98 Å². The molecule has 1 aromatic heterocycles. The second kappa shape index (κ2) is 7.61. The fraction of sp³-hybridized carbons (Fsp3) is 0.438. The van der Waals surface area contributed by atoms with Crippen molar-refractivity contribution >= 4 is 15.9 Å². The fourth-order valence-electron chi connectivity index (χ4n) is 2.48. The van der Waals surface area contributed by atoms with Crippen molar-refractivity contribution in [2.24, 2.45) is 0 Å². The molecule has 1 atom stereocenters. The summed E-state index contributed by atoms with van der Waals surface area (Å²) in [6, 6.07) is 6.14. The summed E-state index contributed by atoms with van der Waals surface area (Å²) in [5, 5.41) is 3.52. The molecular formula is C16H22BrN3O. The highest BCUT2D eigenvalue weighted by atomic mass is 79.9. The number of halogens is 1. The molecule has 114 valence electrons. The highest BCUT2D eigenvalue weighted by molar-refractivity contribution is 9.10. The first kappa shape index (κ1) is 16.0. The Bertz CT molecular complexity index is 583. The van der Waals surface area contributed by atoms with Gasteiger partial charge >= 0.3 is 0 Å². The molecule has 0 saturated heterocycles. The summed E-state index contributed by atoms with van der Waals surface area (Å²) in [7, 11) is 1.70. The number of hydrogen-bond acceptors (Lipinski definition) is 3. The van der Waals surface area contributed by atoms with E-state index in [2.05, 4.69) is 50.7 Å². The predicted octanol–water partition coefficient (Wildman–Crippen LogP) is 3.76. The molecule has 2 rings (SSSR count). The molecule has 0 aliphatic rings. The number of benzene rings is 1. The standard InChI is InChI=1S/C16H22BrN3O/c1-4-9-20-10-8-19-16(20)15(18-5-2)13-7-6-12(17)11-14(13)21-3/h6-8,10-11,15,18H,4-5,9H2,1-3H3. The number of hydrogen-bond donors (Lipinski definition) is 1. The molecule has 2 aromatic rings. The van der Waals surface area contributed by atoms with Crippen LogP contribution in [0.5, 0.6) is 5.75 Å². The summed E-state index contributed by atoms with van der Waals surface area (Å²) in [6.45, 7) is 6.11. The molecule has 4 nitrogen and oxygen atoms in total. The second-order valence-electron chi connectivity index (χ2n) is 4.86. The van der Waals surface area contributed by atoms with Crippen molar-refractivity contribution in [3.63, 3.8) is 0 Å². The minimum atomic E-state index is 0.0274. The van der Waals surface area contributed by atoms with Gasteiger partial charge in [0.2, 0.25) is 0 Å². The minimum Gasteiger partial charge on any atom is -0.496 e. The maximum atomic E-state index is 5.54. The summed E-state index contributed by atoms with van der Waals surface area (Å²) in [5.74, 6) is 1.89. The zero-order valence-electron chi connectivity index (χ0n) is 12.8. The van der Waals surface area contributed by atoms with Gasteiger partial charge in [0.25, 0.3) is 0 Å². The van der Waals surface area contributed by atoms with Gasteiger partial charge in [0, 0.05) is 29.0 Å². The first-order valence-electron chi connectivity index (χ1n) is 7.29. The Hall–Kier alpha value is -1.33. The Balaban J connectivity index is 2.45. The topological polar surface area (TPSA) is 39.1 Å². The lowest BCUT2D eigenvalue weighted by Crippen LogP contribution is -2.26. The smallest absolute Gasteiger partial charge is 0.130 e. The lowest BCUT2D eigenvalue weighted by Gasteiger charge is -2.21. The molecular weight excluding hydrogens is 330 g/mol. The third-order valence-corrected chi connectivity index (χ3v) is 3.88. The normalized spacial score (nSPS) is 12.4. The molecule has 0 aliphatic heterocycles. The average molecular weight is 352 g/mol. The zero-order valence-corrected chi connectivity index (χ0v) is 14.4. The van der Waals surface area contributed by atoms with E-state index in [1.165, 1.54) is 0 Å². The lowest BCUT2D eigenvalue weighted by molar-refractivity contribution is 0.401. The molecule has 0 bridgehead atoms. The fourth-order valence-corrected chi connectivity index (χ4v) is 2.82. The molecule has 1 heterocycles. The van der Waals surface area contributed by atoms with E-state index in [0.29, 0.717) is 0 Å². The molecule has 21 heavy (non-hydrogen) atoms. The van der Waals surface area contributed by atoms with Gasteiger partial charge in [-0.1, -0.05) is 35.8 Å². The van der Waals surface area contributed by atoms with Crippen molar-refractivity contribution in [3.05, 3.63) is 46.5 Å². The van der Waals surface area contributed by atoms with Gasteiger partial charge in [0.15, 0.2) is 0 Å². The van der Waals surface area contributed by atoms with Crippen molar-refractivity contribution in [3.8, 4) is 5.75 Å². The van der Waals surface area contributed by atoms with E-state index in [1.54, 1.807) is 7.11 Å². The van der Waals surface area contributed by atoms with Crippen LogP contribution in [0.3, 0.4) is 0 Å². The van der Waals surface area contributed by atoms with Crippen LogP contribution in [0.1, 0.15) is 37.7 Å². The van der Waals surface area contributed by atoms with Gasteiger partial charge in [-0.05, 0) is 25.1 Å². The van der Waals surface area contributed by atoms with E-state index in [0.717, 1.165) is 41.1 Å². The van der Waals surface area contributed by atoms with Crippen LogP contribution in [-0.4, -0.2) is 23.2 Å². The van der Waals surface area contributed by atoms with E-state index >= 15 is 0 Å². The van der Waals surface area contributed by atoms with Gasteiger partial charge in [-0.3, -0.25) is 0 Å². The number of aryl methyl sites for hydroxylation is 1. The largest absolute Gasteiger partial charge is 0.496 e. The molecule has 0 aliphatic carbocycles. The maximum absolute atomic E-state index is 5.54. The van der Waals surface area contributed by atoms with E-state index in [-0.39, 0.29) is 6.04 Å². The third-order valence-electron chi connectivity index (χ3n) is 3.39. The number of aromatic nitrogens is 2. The van der Waals surface area contributed by atoms with Crippen molar-refractivity contribution in [1.29, 1.82) is 0 Å². The second-order valence-corrected chi connectivity index (χ2v) is 5.77. The number of nitrogens with one attached hydrogen (secondary N) is 1. The van der Waals surface area contributed by atoms with Gasteiger partial charge in [0.05, 0.1) is 13.2 Å². The molecule has 1 aromatic carbocycles. The van der Waals surface area contributed by atoms with Crippen LogP contribution in [0.4, 0.5) is 0 Å². The number of ether oxygens (including phenoxy) is 1. The first-order valence-corrected chi connectivity index (χ1v) is 8.08. The summed E-state index contributed by atoms with van der Waals surface area (Å²) in [5.41, 5.74) is 1.10. The van der Waals surface area contributed by atoms with Crippen LogP contribution >= 0.6 is 15.9 Å². The van der Waals surface area contributed by atoms with Crippen LogP contribution in [-0.2, 0) is 6.54 Å². The van der Waals surface area contributed by atoms with E-state index in [9.17, 15) is 0 Å². The van der Waals surface area contributed by atoms with Crippen LogP contribution in [0.2, 0.25) is 0 Å². The van der Waals surface area contributed by atoms with Crippen LogP contribution in [0.15, 0.2) is 35.1 Å². The predicted molar refractivity (Wildman–Crippen MR) is 88.7 cm³/mol. The molecule has 1 N–H and O–H groups in total. The number of imidazole rings is 1. The Morgan fingerprint density at radius 2 is 2.19 bits per heavy atom. The van der Waals surface area contributed by atoms with Crippen molar-refractivity contribution in [2.45, 2.75) is 32.9 Å². The summed E-state index contributed by atoms with van der Waals surface area (Å²) in [4.78, 5) is 4.56. The van der Waals surface area contributed by atoms with Gasteiger partial charge in [-0.2, -0.15) is 0 Å². The number of methoxy groups -OCH3 is 1. The van der Waals surface area contributed by atoms with E-state index in [1.807, 2.05) is 24.5 Å². The molecule has 5 heteroatoms. The Kier molecular flexibility index (Phi) is 5.82. The SMILES string of the molecule is CCCn1ccnc1C(NCC)c1ccc(Br)cc1OC. The number of rotatable bonds is 7. The van der Waals surface area contributed by atoms with E-state index < -0.39 is 0 Å². The summed E-state index contributed by atoms with van der Waals surface area (Å²) < 4.78 is 8.76. The Labute approximate surface area is 134 Å². The highest BCUT2D eigenvalue weighted by Gasteiger charge is 2.21. The number of nitrogens with zero attached hydrogens (tertiary/aromatic N) is 2. The summed E-state index contributed by atoms with van der Waals surface area (Å²) in [6.07, 6.45) is 4.98. The van der Waals surface area contributed by atoms with Gasteiger partial charge in [-0.15, -0.1) is 0 Å². The lowest BCUT2D eigenvalue weighted by atomic mass is 10.0. The highest BCUT2D eigenvalue weighted by Crippen LogP contribution is 2.31.